The van der Waals surface area contributed by atoms with Crippen LogP contribution < -0.4 is 5.32 Å². The molecule has 0 aromatic carbocycles. The van der Waals surface area contributed by atoms with Crippen LogP contribution in [0.25, 0.3) is 0 Å². The lowest BCUT2D eigenvalue weighted by Crippen LogP contribution is -2.45. The zero-order valence-corrected chi connectivity index (χ0v) is 10.4. The molecule has 0 saturated carbocycles. The van der Waals surface area contributed by atoms with E-state index in [-0.39, 0.29) is 11.4 Å². The molecule has 0 aliphatic carbocycles. The Labute approximate surface area is 99.9 Å². The maximum atomic E-state index is 12.1. The molecule has 1 aromatic rings. The molecule has 2 heterocycles. The number of hydrogen-bond acceptors (Lipinski definition) is 5. The van der Waals surface area contributed by atoms with Gasteiger partial charge in [0.05, 0.1) is 11.8 Å². The highest BCUT2D eigenvalue weighted by atomic mass is 32.2. The van der Waals surface area contributed by atoms with Crippen LogP contribution in [-0.4, -0.2) is 60.3 Å². The summed E-state index contributed by atoms with van der Waals surface area (Å²) < 4.78 is 25.3. The van der Waals surface area contributed by atoms with Crippen molar-refractivity contribution >= 4 is 10.0 Å². The first-order valence-electron chi connectivity index (χ1n) is 5.32. The second-order valence-electron chi connectivity index (χ2n) is 4.35. The average molecular weight is 260 g/mol. The Morgan fingerprint density at radius 2 is 2.41 bits per heavy atom. The number of aromatic amines is 1. The molecule has 1 aliphatic rings. The number of β-amino-alcohol motifs (C(OH)–C–C–N with tert-alkyl or cyclic N) is 1. The van der Waals surface area contributed by atoms with Gasteiger partial charge in [-0.05, 0) is 13.0 Å². The Bertz CT molecular complexity index is 464. The van der Waals surface area contributed by atoms with Crippen LogP contribution in [0.1, 0.15) is 6.42 Å². The Morgan fingerprint density at radius 1 is 1.65 bits per heavy atom. The number of aliphatic hydroxyl groups is 1. The molecule has 17 heavy (non-hydrogen) atoms. The summed E-state index contributed by atoms with van der Waals surface area (Å²) in [5.74, 6) is 0. The fraction of sp³-hybridized carbons (Fsp3) is 0.667. The number of aromatic nitrogens is 2. The first kappa shape index (κ1) is 12.5. The van der Waals surface area contributed by atoms with Gasteiger partial charge in [-0.25, -0.2) is 8.42 Å². The van der Waals surface area contributed by atoms with Crippen molar-refractivity contribution in [2.75, 3.05) is 26.7 Å². The van der Waals surface area contributed by atoms with E-state index in [4.69, 9.17) is 0 Å². The van der Waals surface area contributed by atoms with Crippen LogP contribution in [0.3, 0.4) is 0 Å². The van der Waals surface area contributed by atoms with Gasteiger partial charge in [0.2, 0.25) is 10.0 Å². The van der Waals surface area contributed by atoms with Gasteiger partial charge in [0.15, 0.2) is 0 Å². The summed E-state index contributed by atoms with van der Waals surface area (Å²) in [5.41, 5.74) is -0.981. The van der Waals surface area contributed by atoms with Crippen LogP contribution in [0.2, 0.25) is 0 Å². The SMILES string of the molecule is CN(CC1(O)CCNC1)S(=O)(=O)c1cn[nH]c1. The predicted octanol–water partition coefficient (Wildman–Crippen LogP) is -1.25. The van der Waals surface area contributed by atoms with Crippen LogP contribution in [0.4, 0.5) is 0 Å². The van der Waals surface area contributed by atoms with Crippen molar-refractivity contribution in [3.63, 3.8) is 0 Å². The quantitative estimate of drug-likeness (QED) is 0.628. The number of hydrogen-bond donors (Lipinski definition) is 3. The fourth-order valence-corrected chi connectivity index (χ4v) is 3.08. The van der Waals surface area contributed by atoms with Crippen molar-refractivity contribution < 1.29 is 13.5 Å². The summed E-state index contributed by atoms with van der Waals surface area (Å²) in [6.07, 6.45) is 3.13. The van der Waals surface area contributed by atoms with Crippen LogP contribution >= 0.6 is 0 Å². The van der Waals surface area contributed by atoms with Crippen LogP contribution in [0, 0.1) is 0 Å². The molecule has 7 nitrogen and oxygen atoms in total. The molecule has 0 radical (unpaired) electrons. The summed E-state index contributed by atoms with van der Waals surface area (Å²) in [4.78, 5) is 0.106. The van der Waals surface area contributed by atoms with Gasteiger partial charge in [0.1, 0.15) is 4.90 Å². The van der Waals surface area contributed by atoms with Gasteiger partial charge >= 0.3 is 0 Å². The number of sulfonamides is 1. The molecule has 96 valence electrons. The molecule has 1 atom stereocenters. The third kappa shape index (κ3) is 2.49. The van der Waals surface area contributed by atoms with E-state index in [1.165, 1.54) is 19.4 Å². The molecule has 1 fully saturated rings. The predicted molar refractivity (Wildman–Crippen MR) is 60.8 cm³/mol. The van der Waals surface area contributed by atoms with Crippen molar-refractivity contribution in [1.82, 2.24) is 19.8 Å². The average Bonchev–Trinajstić information content (AvgIpc) is 2.88. The number of nitrogens with zero attached hydrogens (tertiary/aromatic N) is 2. The summed E-state index contributed by atoms with van der Waals surface area (Å²) in [7, 11) is -2.11. The molecule has 1 aliphatic heterocycles. The highest BCUT2D eigenvalue weighted by Crippen LogP contribution is 2.19. The fourth-order valence-electron chi connectivity index (χ4n) is 1.92. The van der Waals surface area contributed by atoms with Gasteiger partial charge in [0.25, 0.3) is 0 Å². The van der Waals surface area contributed by atoms with E-state index in [2.05, 4.69) is 15.5 Å². The Morgan fingerprint density at radius 3 is 2.94 bits per heavy atom. The molecule has 0 bridgehead atoms. The molecule has 2 rings (SSSR count). The number of likely N-dealkylation sites (N-methyl/N-ethyl adjacent to an activating group) is 1. The zero-order chi connectivity index (χ0) is 12.5. The second-order valence-corrected chi connectivity index (χ2v) is 6.39. The van der Waals surface area contributed by atoms with Gasteiger partial charge < -0.3 is 10.4 Å². The molecule has 1 unspecified atom stereocenters. The van der Waals surface area contributed by atoms with E-state index in [0.29, 0.717) is 19.5 Å². The van der Waals surface area contributed by atoms with Crippen LogP contribution in [-0.2, 0) is 10.0 Å². The van der Waals surface area contributed by atoms with Crippen molar-refractivity contribution in [3.8, 4) is 0 Å². The number of nitrogens with one attached hydrogen (secondary N) is 2. The molecule has 0 amide bonds. The van der Waals surface area contributed by atoms with E-state index >= 15 is 0 Å². The Balaban J connectivity index is 2.12. The van der Waals surface area contributed by atoms with Gasteiger partial charge in [0, 0.05) is 26.3 Å². The highest BCUT2D eigenvalue weighted by molar-refractivity contribution is 7.89. The van der Waals surface area contributed by atoms with E-state index in [1.54, 1.807) is 0 Å². The largest absolute Gasteiger partial charge is 0.387 e. The lowest BCUT2D eigenvalue weighted by molar-refractivity contribution is 0.0462. The van der Waals surface area contributed by atoms with Gasteiger partial charge in [-0.15, -0.1) is 0 Å². The first-order valence-corrected chi connectivity index (χ1v) is 6.76. The second kappa shape index (κ2) is 4.37. The standard InChI is InChI=1S/C9H16N4O3S/c1-13(7-9(14)2-3-10-6-9)17(15,16)8-4-11-12-5-8/h4-5,10,14H,2-3,6-7H2,1H3,(H,11,12). The van der Waals surface area contributed by atoms with Crippen molar-refractivity contribution in [3.05, 3.63) is 12.4 Å². The Kier molecular flexibility index (Phi) is 3.21. The van der Waals surface area contributed by atoms with Crippen molar-refractivity contribution in [2.45, 2.75) is 16.9 Å². The van der Waals surface area contributed by atoms with E-state index in [1.807, 2.05) is 0 Å². The third-order valence-corrected chi connectivity index (χ3v) is 4.69. The van der Waals surface area contributed by atoms with Crippen molar-refractivity contribution in [1.29, 1.82) is 0 Å². The van der Waals surface area contributed by atoms with Crippen LogP contribution in [0.15, 0.2) is 17.3 Å². The van der Waals surface area contributed by atoms with Gasteiger partial charge in [-0.2, -0.15) is 9.40 Å². The van der Waals surface area contributed by atoms with E-state index in [0.717, 1.165) is 4.31 Å². The minimum Gasteiger partial charge on any atom is -0.387 e. The lowest BCUT2D eigenvalue weighted by Gasteiger charge is -2.27. The van der Waals surface area contributed by atoms with Gasteiger partial charge in [-0.3, -0.25) is 5.10 Å². The minimum absolute atomic E-state index is 0.0769. The smallest absolute Gasteiger partial charge is 0.246 e. The van der Waals surface area contributed by atoms with Crippen LogP contribution in [0.5, 0.6) is 0 Å². The summed E-state index contributed by atoms with van der Waals surface area (Å²) in [6, 6.07) is 0. The number of H-pyrrole nitrogens is 1. The van der Waals surface area contributed by atoms with Gasteiger partial charge in [-0.1, -0.05) is 0 Å². The molecule has 1 saturated heterocycles. The van der Waals surface area contributed by atoms with Crippen molar-refractivity contribution in [2.24, 2.45) is 0 Å². The normalized spacial score (nSPS) is 25.6. The zero-order valence-electron chi connectivity index (χ0n) is 9.55. The third-order valence-electron chi connectivity index (χ3n) is 2.92. The Hall–Kier alpha value is -0.960. The molecule has 8 heteroatoms. The molecule has 3 N–H and O–H groups in total. The minimum atomic E-state index is -3.57. The van der Waals surface area contributed by atoms with E-state index in [9.17, 15) is 13.5 Å². The summed E-state index contributed by atoms with van der Waals surface area (Å²) in [6.45, 7) is 1.20. The first-order chi connectivity index (χ1) is 7.94. The molecule has 1 aromatic heterocycles. The monoisotopic (exact) mass is 260 g/mol. The molecule has 0 spiro atoms. The maximum absolute atomic E-state index is 12.1. The highest BCUT2D eigenvalue weighted by Gasteiger charge is 2.35. The molecular formula is C9H16N4O3S. The summed E-state index contributed by atoms with van der Waals surface area (Å²) in [5, 5.41) is 19.2. The lowest BCUT2D eigenvalue weighted by atomic mass is 10.0. The number of rotatable bonds is 4. The maximum Gasteiger partial charge on any atom is 0.246 e. The summed E-state index contributed by atoms with van der Waals surface area (Å²) >= 11 is 0. The topological polar surface area (TPSA) is 98.3 Å². The molecular weight excluding hydrogens is 244 g/mol. The van der Waals surface area contributed by atoms with E-state index < -0.39 is 15.6 Å².